The molecule has 0 heterocycles. The van der Waals surface area contributed by atoms with Crippen molar-refractivity contribution in [3.63, 3.8) is 0 Å². The lowest BCUT2D eigenvalue weighted by Crippen LogP contribution is -2.04. The average Bonchev–Trinajstić information content (AvgIpc) is 3.19. The zero-order chi connectivity index (χ0) is 42.3. The molecule has 21 heteroatoms. The van der Waals surface area contributed by atoms with E-state index in [2.05, 4.69) is 30.7 Å². The highest BCUT2D eigenvalue weighted by Crippen LogP contribution is 2.48. The summed E-state index contributed by atoms with van der Waals surface area (Å²) >= 11 is 0. The van der Waals surface area contributed by atoms with Crippen LogP contribution in [0.3, 0.4) is 0 Å². The first-order chi connectivity index (χ1) is 27.9. The normalized spacial score (nSPS) is 12.7. The van der Waals surface area contributed by atoms with E-state index in [-0.39, 0.29) is 32.7 Å². The molecule has 7 rings (SSSR count). The molecule has 0 atom stereocenters. The van der Waals surface area contributed by atoms with Crippen molar-refractivity contribution in [1.29, 1.82) is 0 Å². The zero-order valence-electron chi connectivity index (χ0n) is 29.8. The van der Waals surface area contributed by atoms with Crippen LogP contribution in [0.5, 0.6) is 5.75 Å². The minimum atomic E-state index is -5.31. The second-order valence-electron chi connectivity index (χ2n) is 12.6. The molecule has 59 heavy (non-hydrogen) atoms. The highest BCUT2D eigenvalue weighted by atomic mass is 32.2. The van der Waals surface area contributed by atoms with Crippen LogP contribution in [0.15, 0.2) is 167 Å². The van der Waals surface area contributed by atoms with Crippen molar-refractivity contribution in [2.24, 2.45) is 30.7 Å². The van der Waals surface area contributed by atoms with E-state index < -0.39 is 63.0 Å². The first-order valence-corrected chi connectivity index (χ1v) is 21.0. The maximum Gasteiger partial charge on any atom is 0.296 e. The highest BCUT2D eigenvalue weighted by molar-refractivity contribution is 7.86. The van der Waals surface area contributed by atoms with Gasteiger partial charge in [-0.2, -0.15) is 32.2 Å². The van der Waals surface area contributed by atoms with Crippen molar-refractivity contribution in [3.8, 4) is 16.9 Å². The molecule has 0 radical (unpaired) electrons. The van der Waals surface area contributed by atoms with Crippen LogP contribution >= 0.6 is 0 Å². The Morgan fingerprint density at radius 1 is 0.525 bits per heavy atom. The molecule has 7 aromatic rings. The third-order valence-corrected chi connectivity index (χ3v) is 11.4. The van der Waals surface area contributed by atoms with Crippen LogP contribution in [0.1, 0.15) is 0 Å². The summed E-state index contributed by atoms with van der Waals surface area (Å²) < 4.78 is 104. The molecule has 298 valence electrons. The van der Waals surface area contributed by atoms with Crippen LogP contribution in [-0.2, 0) is 30.4 Å². The quantitative estimate of drug-likeness (QED) is 0.0488. The summed E-state index contributed by atoms with van der Waals surface area (Å²) in [6, 6.07) is 30.1. The monoisotopic (exact) mass is 851 g/mol. The van der Waals surface area contributed by atoms with Gasteiger partial charge in [-0.15, -0.1) is 15.3 Å². The van der Waals surface area contributed by atoms with Crippen LogP contribution < -0.4 is 11.5 Å². The fourth-order valence-corrected chi connectivity index (χ4v) is 7.77. The van der Waals surface area contributed by atoms with E-state index >= 15 is 0 Å². The van der Waals surface area contributed by atoms with E-state index in [0.717, 1.165) is 23.3 Å². The first-order valence-electron chi connectivity index (χ1n) is 16.7. The lowest BCUT2D eigenvalue weighted by atomic mass is 10.0. The smallest absolute Gasteiger partial charge is 0.296 e. The van der Waals surface area contributed by atoms with Gasteiger partial charge in [-0.05, 0) is 89.3 Å². The first kappa shape index (κ1) is 40.2. The van der Waals surface area contributed by atoms with Gasteiger partial charge >= 0.3 is 0 Å². The predicted molar refractivity (Wildman–Crippen MR) is 217 cm³/mol. The molecule has 0 amide bonds. The average molecular weight is 852 g/mol. The van der Waals surface area contributed by atoms with E-state index in [1.165, 1.54) is 30.3 Å². The van der Waals surface area contributed by atoms with Crippen molar-refractivity contribution >= 4 is 97.4 Å². The van der Waals surface area contributed by atoms with E-state index in [0.29, 0.717) is 22.1 Å². The third-order valence-electron chi connectivity index (χ3n) is 8.79. The van der Waals surface area contributed by atoms with E-state index in [9.17, 15) is 44.0 Å². The molecule has 7 N–H and O–H groups in total. The summed E-state index contributed by atoms with van der Waals surface area (Å²) in [4.78, 5) is -2.22. The SMILES string of the molecule is Nc1ccc(N=Nc2ccc(-c3ccc(N=Nc4c(S(=O)(=O)O)cc5cc(S(=O)(=O)[O-])c(N=Nc6ccccc6)c(O)c5c4N)cc3)cc2)c2ccc(S(=O)(=O)O)cc12. The second kappa shape index (κ2) is 15.4. The minimum absolute atomic E-state index is 0.216. The highest BCUT2D eigenvalue weighted by Gasteiger charge is 2.26. The van der Waals surface area contributed by atoms with Gasteiger partial charge in [-0.3, -0.25) is 9.11 Å². The Hall–Kier alpha value is -7.01. The summed E-state index contributed by atoms with van der Waals surface area (Å²) in [5.74, 6) is -0.917. The second-order valence-corrected chi connectivity index (χ2v) is 16.8. The number of phenols is 1. The number of hydrogen-bond donors (Lipinski definition) is 5. The molecule has 0 aliphatic rings. The van der Waals surface area contributed by atoms with Gasteiger partial charge in [0.1, 0.15) is 26.4 Å². The Morgan fingerprint density at radius 2 is 1.07 bits per heavy atom. The summed E-state index contributed by atoms with van der Waals surface area (Å²) in [6.07, 6.45) is 0. The molecule has 0 aliphatic carbocycles. The molecule has 0 aromatic heterocycles. The molecule has 0 aliphatic heterocycles. The number of hydrogen-bond acceptors (Lipinski definition) is 16. The van der Waals surface area contributed by atoms with E-state index in [4.69, 9.17) is 11.5 Å². The molecule has 18 nitrogen and oxygen atoms in total. The van der Waals surface area contributed by atoms with Crippen molar-refractivity contribution in [1.82, 2.24) is 0 Å². The zero-order valence-corrected chi connectivity index (χ0v) is 32.3. The number of nitrogens with zero attached hydrogens (tertiary/aromatic N) is 6. The number of nitrogen functional groups attached to an aromatic ring is 2. The molecule has 0 fully saturated rings. The van der Waals surface area contributed by atoms with Crippen molar-refractivity contribution in [2.75, 3.05) is 11.5 Å². The number of rotatable bonds is 10. The largest absolute Gasteiger partial charge is 0.744 e. The van der Waals surface area contributed by atoms with Gasteiger partial charge in [0, 0.05) is 16.5 Å². The van der Waals surface area contributed by atoms with Crippen LogP contribution in [-0.4, -0.2) is 44.0 Å². The minimum Gasteiger partial charge on any atom is -0.744 e. The molecular formula is C38H27N8O10S3-. The number of benzene rings is 7. The Morgan fingerprint density at radius 3 is 1.63 bits per heavy atom. The number of aromatic hydroxyl groups is 1. The molecular weight excluding hydrogens is 825 g/mol. The van der Waals surface area contributed by atoms with Crippen molar-refractivity contribution in [3.05, 3.63) is 121 Å². The Labute approximate surface area is 335 Å². The maximum atomic E-state index is 12.5. The van der Waals surface area contributed by atoms with Gasteiger partial charge < -0.3 is 21.1 Å². The van der Waals surface area contributed by atoms with Crippen LogP contribution in [0, 0.1) is 0 Å². The number of anilines is 2. The van der Waals surface area contributed by atoms with Gasteiger partial charge in [-0.25, -0.2) is 8.42 Å². The van der Waals surface area contributed by atoms with Gasteiger partial charge in [0.25, 0.3) is 20.2 Å². The summed E-state index contributed by atoms with van der Waals surface area (Å²) in [5.41, 5.74) is 13.6. The van der Waals surface area contributed by atoms with Crippen molar-refractivity contribution in [2.45, 2.75) is 14.7 Å². The number of nitrogens with two attached hydrogens (primary N) is 2. The van der Waals surface area contributed by atoms with Gasteiger partial charge in [-0.1, -0.05) is 48.5 Å². The lowest BCUT2D eigenvalue weighted by Gasteiger charge is -2.16. The predicted octanol–water partition coefficient (Wildman–Crippen LogP) is 9.17. The maximum absolute atomic E-state index is 12.5. The molecule has 0 unspecified atom stereocenters. The number of fused-ring (bicyclic) bond motifs is 2. The van der Waals surface area contributed by atoms with E-state index in [1.54, 1.807) is 78.9 Å². The summed E-state index contributed by atoms with van der Waals surface area (Å²) in [6.45, 7) is 0. The standard InChI is InChI=1S/C38H28N8O10S3/c39-30-16-17-31(28-15-14-27(20-29(28)30)57(48,49)50)44-41-25-10-6-21(7-11-25)22-8-12-26(13-9-22)43-45-36-32(58(51,52)53)18-23-19-33(59(54,55)56)37(38(47)34(23)35(36)40)46-42-24-4-2-1-3-5-24/h1-20,47H,39-40H2,(H,48,49,50)(H,51,52,53)(H,54,55,56)/p-1. The number of phenolic OH excluding ortho intramolecular Hbond substituents is 1. The molecule has 0 saturated carbocycles. The fraction of sp³-hybridized carbons (Fsp3) is 0. The Bertz CT molecular complexity index is 3260. The van der Waals surface area contributed by atoms with Gasteiger partial charge in [0.05, 0.1) is 43.6 Å². The fourth-order valence-electron chi connectivity index (χ4n) is 5.94. The van der Waals surface area contributed by atoms with Crippen LogP contribution in [0.25, 0.3) is 32.7 Å². The Kier molecular flexibility index (Phi) is 10.5. The molecule has 0 bridgehead atoms. The van der Waals surface area contributed by atoms with Crippen LogP contribution in [0.4, 0.5) is 45.5 Å². The summed E-state index contributed by atoms with van der Waals surface area (Å²) in [5, 5.41) is 35.7. The summed E-state index contributed by atoms with van der Waals surface area (Å²) in [7, 11) is -14.8. The van der Waals surface area contributed by atoms with Crippen molar-refractivity contribution < 1.29 is 44.0 Å². The molecule has 0 spiro atoms. The molecule has 0 saturated heterocycles. The van der Waals surface area contributed by atoms with Gasteiger partial charge in [0.15, 0.2) is 5.75 Å². The van der Waals surface area contributed by atoms with Crippen LogP contribution in [0.2, 0.25) is 0 Å². The third kappa shape index (κ3) is 8.50. The topological polar surface area (TPSA) is 312 Å². The van der Waals surface area contributed by atoms with Gasteiger partial charge in [0.2, 0.25) is 0 Å². The number of azo groups is 3. The Balaban J connectivity index is 1.17. The lowest BCUT2D eigenvalue weighted by molar-refractivity contribution is 0.458. The molecule has 7 aromatic carbocycles. The van der Waals surface area contributed by atoms with E-state index in [1.807, 2.05) is 0 Å².